The lowest BCUT2D eigenvalue weighted by Crippen LogP contribution is -2.07. The third kappa shape index (κ3) is 2.32. The number of benzene rings is 1. The Hall–Kier alpha value is -2.01. The van der Waals surface area contributed by atoms with Gasteiger partial charge >= 0.3 is 0 Å². The summed E-state index contributed by atoms with van der Waals surface area (Å²) >= 11 is 1.16. The molecule has 0 fully saturated rings. The van der Waals surface area contributed by atoms with Gasteiger partial charge in [0.05, 0.1) is 4.88 Å². The first-order valence-corrected chi connectivity index (χ1v) is 5.33. The van der Waals surface area contributed by atoms with Crippen LogP contribution in [0.2, 0.25) is 0 Å². The van der Waals surface area contributed by atoms with Crippen molar-refractivity contribution in [1.82, 2.24) is 0 Å². The fourth-order valence-electron chi connectivity index (χ4n) is 1.17. The van der Waals surface area contributed by atoms with Crippen molar-refractivity contribution in [1.29, 1.82) is 0 Å². The summed E-state index contributed by atoms with van der Waals surface area (Å²) in [5.74, 6) is 0.165. The fourth-order valence-corrected chi connectivity index (χ4v) is 1.90. The number of hydrogen-bond donors (Lipinski definition) is 2. The van der Waals surface area contributed by atoms with Gasteiger partial charge in [-0.3, -0.25) is 4.79 Å². The molecule has 16 heavy (non-hydrogen) atoms. The number of nitrogens with two attached hydrogens (primary N) is 1. The van der Waals surface area contributed by atoms with Gasteiger partial charge in [0, 0.05) is 6.07 Å². The van der Waals surface area contributed by atoms with Gasteiger partial charge in [-0.2, -0.15) is 0 Å². The SMILES string of the molecule is NC(=O)c1ccc(Oc2cccc(O)c2)s1. The summed E-state index contributed by atoms with van der Waals surface area (Å²) in [6, 6.07) is 9.69. The number of phenols is 1. The van der Waals surface area contributed by atoms with E-state index in [9.17, 15) is 9.90 Å². The van der Waals surface area contributed by atoms with E-state index in [1.54, 1.807) is 30.3 Å². The molecule has 4 nitrogen and oxygen atoms in total. The number of hydrogen-bond acceptors (Lipinski definition) is 4. The number of primary amides is 1. The standard InChI is InChI=1S/C11H9NO3S/c12-11(14)9-4-5-10(16-9)15-8-3-1-2-7(13)6-8/h1-6,13H,(H2,12,14). The molecule has 0 saturated heterocycles. The topological polar surface area (TPSA) is 72.6 Å². The highest BCUT2D eigenvalue weighted by molar-refractivity contribution is 7.15. The second-order valence-corrected chi connectivity index (χ2v) is 4.13. The van der Waals surface area contributed by atoms with Crippen molar-refractivity contribution in [2.75, 3.05) is 0 Å². The van der Waals surface area contributed by atoms with Crippen LogP contribution in [0.4, 0.5) is 0 Å². The van der Waals surface area contributed by atoms with Crippen LogP contribution in [0, 0.1) is 0 Å². The third-order valence-corrected chi connectivity index (χ3v) is 2.84. The summed E-state index contributed by atoms with van der Waals surface area (Å²) in [4.78, 5) is 11.3. The van der Waals surface area contributed by atoms with E-state index in [4.69, 9.17) is 10.5 Å². The number of carbonyl (C=O) groups is 1. The molecule has 2 aromatic rings. The van der Waals surface area contributed by atoms with Crippen molar-refractivity contribution in [3.05, 3.63) is 41.3 Å². The van der Waals surface area contributed by atoms with Crippen LogP contribution in [0.15, 0.2) is 36.4 Å². The molecule has 3 N–H and O–H groups in total. The van der Waals surface area contributed by atoms with Crippen LogP contribution in [0.1, 0.15) is 9.67 Å². The zero-order valence-corrected chi connectivity index (χ0v) is 9.03. The molecule has 0 saturated carbocycles. The Balaban J connectivity index is 2.17. The summed E-state index contributed by atoms with van der Waals surface area (Å²) in [6.45, 7) is 0. The van der Waals surface area contributed by atoms with Gasteiger partial charge in [-0.1, -0.05) is 17.4 Å². The molecule has 0 unspecified atom stereocenters. The van der Waals surface area contributed by atoms with Gasteiger partial charge in [0.15, 0.2) is 5.06 Å². The number of thiophene rings is 1. The summed E-state index contributed by atoms with van der Waals surface area (Å²) in [5, 5.41) is 9.79. The minimum Gasteiger partial charge on any atom is -0.508 e. The van der Waals surface area contributed by atoms with Crippen LogP contribution < -0.4 is 10.5 Å². The van der Waals surface area contributed by atoms with E-state index < -0.39 is 5.91 Å². The van der Waals surface area contributed by atoms with Crippen molar-refractivity contribution in [2.24, 2.45) is 5.73 Å². The molecule has 1 heterocycles. The summed E-state index contributed by atoms with van der Waals surface area (Å²) in [6.07, 6.45) is 0. The molecule has 0 bridgehead atoms. The Bertz CT molecular complexity index is 521. The average Bonchev–Trinajstić information content (AvgIpc) is 2.66. The first-order chi connectivity index (χ1) is 7.65. The number of rotatable bonds is 3. The van der Waals surface area contributed by atoms with Gasteiger partial charge < -0.3 is 15.6 Å². The Labute approximate surface area is 95.9 Å². The molecule has 1 amide bonds. The molecule has 0 aliphatic heterocycles. The quantitative estimate of drug-likeness (QED) is 0.857. The molecule has 2 rings (SSSR count). The predicted molar refractivity (Wildman–Crippen MR) is 61.0 cm³/mol. The van der Waals surface area contributed by atoms with Gasteiger partial charge in [0.25, 0.3) is 5.91 Å². The third-order valence-electron chi connectivity index (χ3n) is 1.86. The summed E-state index contributed by atoms with van der Waals surface area (Å²) in [5.41, 5.74) is 5.12. The molecule has 1 aromatic heterocycles. The van der Waals surface area contributed by atoms with E-state index in [1.165, 1.54) is 6.07 Å². The molecule has 0 radical (unpaired) electrons. The highest BCUT2D eigenvalue weighted by Crippen LogP contribution is 2.30. The number of aromatic hydroxyl groups is 1. The van der Waals surface area contributed by atoms with E-state index in [1.807, 2.05) is 0 Å². The largest absolute Gasteiger partial charge is 0.508 e. The monoisotopic (exact) mass is 235 g/mol. The van der Waals surface area contributed by atoms with Crippen molar-refractivity contribution in [2.45, 2.75) is 0 Å². The second-order valence-electron chi connectivity index (χ2n) is 3.08. The van der Waals surface area contributed by atoms with E-state index in [0.29, 0.717) is 15.7 Å². The van der Waals surface area contributed by atoms with Gasteiger partial charge in [-0.25, -0.2) is 0 Å². The number of amides is 1. The average molecular weight is 235 g/mol. The zero-order chi connectivity index (χ0) is 11.5. The van der Waals surface area contributed by atoms with Crippen molar-refractivity contribution in [3.8, 4) is 16.6 Å². The highest BCUT2D eigenvalue weighted by Gasteiger charge is 2.06. The lowest BCUT2D eigenvalue weighted by Gasteiger charge is -2.02. The predicted octanol–water partition coefficient (Wildman–Crippen LogP) is 2.34. The highest BCUT2D eigenvalue weighted by atomic mass is 32.1. The maximum Gasteiger partial charge on any atom is 0.258 e. The van der Waals surface area contributed by atoms with Crippen molar-refractivity contribution in [3.63, 3.8) is 0 Å². The van der Waals surface area contributed by atoms with E-state index in [2.05, 4.69) is 0 Å². The molecule has 0 aliphatic carbocycles. The van der Waals surface area contributed by atoms with Gasteiger partial charge in [-0.15, -0.1) is 0 Å². The minimum atomic E-state index is -0.476. The Kier molecular flexibility index (Phi) is 2.78. The molecule has 0 aliphatic rings. The van der Waals surface area contributed by atoms with Crippen molar-refractivity contribution < 1.29 is 14.6 Å². The minimum absolute atomic E-state index is 0.129. The van der Waals surface area contributed by atoms with Crippen LogP contribution in [-0.4, -0.2) is 11.0 Å². The molecule has 1 aromatic carbocycles. The van der Waals surface area contributed by atoms with E-state index in [-0.39, 0.29) is 5.75 Å². The first kappa shape index (κ1) is 10.5. The fraction of sp³-hybridized carbons (Fsp3) is 0. The first-order valence-electron chi connectivity index (χ1n) is 4.51. The Morgan fingerprint density at radius 2 is 2.12 bits per heavy atom. The van der Waals surface area contributed by atoms with Crippen LogP contribution in [0.3, 0.4) is 0 Å². The smallest absolute Gasteiger partial charge is 0.258 e. The maximum absolute atomic E-state index is 10.9. The van der Waals surface area contributed by atoms with Crippen LogP contribution in [0.5, 0.6) is 16.6 Å². The maximum atomic E-state index is 10.9. The van der Waals surface area contributed by atoms with Crippen LogP contribution >= 0.6 is 11.3 Å². The second kappa shape index (κ2) is 4.24. The number of ether oxygens (including phenoxy) is 1. The summed E-state index contributed by atoms with van der Waals surface area (Å²) < 4.78 is 5.44. The molecular weight excluding hydrogens is 226 g/mol. The molecule has 82 valence electrons. The van der Waals surface area contributed by atoms with E-state index in [0.717, 1.165) is 11.3 Å². The lowest BCUT2D eigenvalue weighted by atomic mass is 10.3. The van der Waals surface area contributed by atoms with Crippen molar-refractivity contribution >= 4 is 17.2 Å². The molecule has 0 spiro atoms. The molecular formula is C11H9NO3S. The van der Waals surface area contributed by atoms with E-state index >= 15 is 0 Å². The van der Waals surface area contributed by atoms with Gasteiger partial charge in [0.2, 0.25) is 0 Å². The Morgan fingerprint density at radius 1 is 1.31 bits per heavy atom. The van der Waals surface area contributed by atoms with Gasteiger partial charge in [-0.05, 0) is 24.3 Å². The zero-order valence-electron chi connectivity index (χ0n) is 8.21. The van der Waals surface area contributed by atoms with Crippen LogP contribution in [-0.2, 0) is 0 Å². The lowest BCUT2D eigenvalue weighted by molar-refractivity contribution is 0.100. The normalized spacial score (nSPS) is 10.0. The Morgan fingerprint density at radius 3 is 2.75 bits per heavy atom. The summed E-state index contributed by atoms with van der Waals surface area (Å²) in [7, 11) is 0. The molecule has 0 atom stereocenters. The number of phenolic OH excluding ortho intramolecular Hbond substituents is 1. The van der Waals surface area contributed by atoms with Crippen LogP contribution in [0.25, 0.3) is 0 Å². The van der Waals surface area contributed by atoms with Gasteiger partial charge in [0.1, 0.15) is 11.5 Å². The number of carbonyl (C=O) groups excluding carboxylic acids is 1. The molecule has 5 heteroatoms.